The quantitative estimate of drug-likeness (QED) is 0.500. The minimum Gasteiger partial charge on any atom is -0.379 e. The van der Waals surface area contributed by atoms with Crippen LogP contribution in [0.15, 0.2) is 53.4 Å². The fraction of sp³-hybridized carbons (Fsp3) is 0.500. The molecule has 0 spiro atoms. The Labute approximate surface area is 208 Å². The van der Waals surface area contributed by atoms with E-state index < -0.39 is 10.0 Å². The number of aryl methyl sites for hydroxylation is 1. The van der Waals surface area contributed by atoms with Crippen molar-refractivity contribution in [2.75, 3.05) is 52.5 Å². The summed E-state index contributed by atoms with van der Waals surface area (Å²) >= 11 is 0. The lowest BCUT2D eigenvalue weighted by Crippen LogP contribution is -2.40. The van der Waals surface area contributed by atoms with Gasteiger partial charge in [-0.2, -0.15) is 4.31 Å². The number of imidazole rings is 1. The number of rotatable bonds is 7. The van der Waals surface area contributed by atoms with Crippen molar-refractivity contribution in [2.24, 2.45) is 0 Å². The van der Waals surface area contributed by atoms with Gasteiger partial charge in [-0.1, -0.05) is 30.3 Å². The second-order valence-corrected chi connectivity index (χ2v) is 11.3. The highest BCUT2D eigenvalue weighted by Crippen LogP contribution is 2.24. The molecule has 0 radical (unpaired) electrons. The van der Waals surface area contributed by atoms with Crippen LogP contribution in [-0.4, -0.2) is 84.6 Å². The predicted octanol–water partition coefficient (Wildman–Crippen LogP) is 2.79. The summed E-state index contributed by atoms with van der Waals surface area (Å²) in [5.41, 5.74) is 3.09. The highest BCUT2D eigenvalue weighted by Gasteiger charge is 2.27. The van der Waals surface area contributed by atoms with E-state index in [4.69, 9.17) is 9.72 Å². The molecule has 0 N–H and O–H groups in total. The maximum atomic E-state index is 13.1. The van der Waals surface area contributed by atoms with Crippen molar-refractivity contribution in [3.8, 4) is 0 Å². The summed E-state index contributed by atoms with van der Waals surface area (Å²) in [4.78, 5) is 10.2. The summed E-state index contributed by atoms with van der Waals surface area (Å²) in [7, 11) is -3.54. The second kappa shape index (κ2) is 10.8. The number of fused-ring (bicyclic) bond motifs is 1. The molecule has 3 heterocycles. The monoisotopic (exact) mass is 497 g/mol. The number of aromatic nitrogens is 2. The molecule has 0 amide bonds. The van der Waals surface area contributed by atoms with Crippen LogP contribution < -0.4 is 0 Å². The normalized spacial score (nSPS) is 19.2. The lowest BCUT2D eigenvalue weighted by molar-refractivity contribution is 0.0730. The molecule has 188 valence electrons. The third-order valence-electron chi connectivity index (χ3n) is 7.02. The topological polar surface area (TPSA) is 70.9 Å². The highest BCUT2D eigenvalue weighted by atomic mass is 32.2. The number of benzene rings is 2. The first-order valence-corrected chi connectivity index (χ1v) is 14.0. The number of nitrogens with zero attached hydrogens (tertiary/aromatic N) is 5. The molecule has 0 bridgehead atoms. The van der Waals surface area contributed by atoms with Crippen molar-refractivity contribution in [3.63, 3.8) is 0 Å². The number of hydrogen-bond acceptors (Lipinski definition) is 6. The van der Waals surface area contributed by atoms with Gasteiger partial charge >= 0.3 is 0 Å². The highest BCUT2D eigenvalue weighted by molar-refractivity contribution is 7.89. The van der Waals surface area contributed by atoms with E-state index in [1.807, 2.05) is 6.07 Å². The average molecular weight is 498 g/mol. The van der Waals surface area contributed by atoms with Crippen molar-refractivity contribution >= 4 is 21.1 Å². The molecule has 2 fully saturated rings. The predicted molar refractivity (Wildman–Crippen MR) is 137 cm³/mol. The second-order valence-electron chi connectivity index (χ2n) is 9.33. The van der Waals surface area contributed by atoms with Gasteiger partial charge in [0.2, 0.25) is 10.0 Å². The Morgan fingerprint density at radius 1 is 0.886 bits per heavy atom. The van der Waals surface area contributed by atoms with Gasteiger partial charge in [-0.3, -0.25) is 9.80 Å². The minimum atomic E-state index is -3.54. The van der Waals surface area contributed by atoms with E-state index in [2.05, 4.69) is 51.6 Å². The molecule has 0 saturated carbocycles. The van der Waals surface area contributed by atoms with Crippen molar-refractivity contribution in [2.45, 2.75) is 37.9 Å². The van der Waals surface area contributed by atoms with Crippen LogP contribution in [-0.2, 0) is 34.4 Å². The Hall–Kier alpha value is -2.30. The molecule has 2 aromatic carbocycles. The molecule has 2 aliphatic rings. The summed E-state index contributed by atoms with van der Waals surface area (Å²) in [6.45, 7) is 10.5. The summed E-state index contributed by atoms with van der Waals surface area (Å²) in [6, 6.07) is 16.0. The van der Waals surface area contributed by atoms with Gasteiger partial charge in [0, 0.05) is 39.3 Å². The van der Waals surface area contributed by atoms with Gasteiger partial charge in [-0.25, -0.2) is 13.4 Å². The Morgan fingerprint density at radius 2 is 1.60 bits per heavy atom. The maximum absolute atomic E-state index is 13.1. The Balaban J connectivity index is 1.31. The zero-order valence-corrected chi connectivity index (χ0v) is 21.3. The van der Waals surface area contributed by atoms with Gasteiger partial charge < -0.3 is 9.30 Å². The summed E-state index contributed by atoms with van der Waals surface area (Å²) in [5.74, 6) is 1.000. The van der Waals surface area contributed by atoms with Gasteiger partial charge in [0.1, 0.15) is 5.82 Å². The number of ether oxygens (including phenoxy) is 1. The molecule has 0 atom stereocenters. The molecule has 2 aliphatic heterocycles. The van der Waals surface area contributed by atoms with Crippen LogP contribution >= 0.6 is 0 Å². The van der Waals surface area contributed by atoms with Crippen LogP contribution in [0.3, 0.4) is 0 Å². The number of hydrogen-bond donors (Lipinski definition) is 0. The van der Waals surface area contributed by atoms with Gasteiger partial charge in [0.05, 0.1) is 35.7 Å². The van der Waals surface area contributed by atoms with Gasteiger partial charge in [0.25, 0.3) is 0 Å². The molecule has 1 aromatic heterocycles. The van der Waals surface area contributed by atoms with Crippen molar-refractivity contribution in [1.82, 2.24) is 23.7 Å². The molecular weight excluding hydrogens is 462 g/mol. The van der Waals surface area contributed by atoms with Gasteiger partial charge in [-0.05, 0) is 50.2 Å². The standard InChI is InChI=1S/C26H35N5O3S/c1-2-31-25-10-9-23(35(32,33)30-15-17-34-18-16-30)19-24(25)27-26(31)21-29-12-6-11-28(13-14-29)20-22-7-4-3-5-8-22/h3-5,7-10,19H,2,6,11-18,20-21H2,1H3. The van der Waals surface area contributed by atoms with Gasteiger partial charge in [0.15, 0.2) is 0 Å². The van der Waals surface area contributed by atoms with E-state index in [9.17, 15) is 8.42 Å². The van der Waals surface area contributed by atoms with Crippen LogP contribution in [0.4, 0.5) is 0 Å². The SMILES string of the molecule is CCn1c(CN2CCCN(Cc3ccccc3)CC2)nc2cc(S(=O)(=O)N3CCOCC3)ccc21. The van der Waals surface area contributed by atoms with E-state index in [1.54, 1.807) is 12.1 Å². The zero-order chi connectivity index (χ0) is 24.3. The first kappa shape index (κ1) is 24.4. The van der Waals surface area contributed by atoms with Crippen LogP contribution in [0, 0.1) is 0 Å². The van der Waals surface area contributed by atoms with Crippen molar-refractivity contribution in [1.29, 1.82) is 0 Å². The lowest BCUT2D eigenvalue weighted by atomic mass is 10.2. The Kier molecular flexibility index (Phi) is 7.50. The van der Waals surface area contributed by atoms with Gasteiger partial charge in [-0.15, -0.1) is 0 Å². The molecule has 0 aliphatic carbocycles. The molecular formula is C26H35N5O3S. The molecule has 5 rings (SSSR count). The van der Waals surface area contributed by atoms with Crippen LogP contribution in [0.1, 0.15) is 24.7 Å². The Bertz CT molecular complexity index is 1240. The molecule has 2 saturated heterocycles. The first-order chi connectivity index (χ1) is 17.0. The smallest absolute Gasteiger partial charge is 0.243 e. The molecule has 0 unspecified atom stereocenters. The van der Waals surface area contributed by atoms with Crippen molar-refractivity contribution in [3.05, 3.63) is 59.9 Å². The summed E-state index contributed by atoms with van der Waals surface area (Å²) in [6.07, 6.45) is 1.13. The van der Waals surface area contributed by atoms with Crippen LogP contribution in [0.5, 0.6) is 0 Å². The molecule has 3 aromatic rings. The van der Waals surface area contributed by atoms with E-state index >= 15 is 0 Å². The number of morpholine rings is 1. The largest absolute Gasteiger partial charge is 0.379 e. The first-order valence-electron chi connectivity index (χ1n) is 12.6. The molecule has 8 nitrogen and oxygen atoms in total. The summed E-state index contributed by atoms with van der Waals surface area (Å²) < 4.78 is 35.3. The lowest BCUT2D eigenvalue weighted by Gasteiger charge is -2.26. The zero-order valence-electron chi connectivity index (χ0n) is 20.5. The molecule has 35 heavy (non-hydrogen) atoms. The number of sulfonamides is 1. The maximum Gasteiger partial charge on any atom is 0.243 e. The van der Waals surface area contributed by atoms with Crippen LogP contribution in [0.25, 0.3) is 11.0 Å². The van der Waals surface area contributed by atoms with E-state index in [-0.39, 0.29) is 0 Å². The third-order valence-corrected chi connectivity index (χ3v) is 8.91. The third kappa shape index (κ3) is 5.44. The Morgan fingerprint density at radius 3 is 2.31 bits per heavy atom. The van der Waals surface area contributed by atoms with E-state index in [0.29, 0.717) is 31.2 Å². The van der Waals surface area contributed by atoms with E-state index in [0.717, 1.165) is 69.1 Å². The van der Waals surface area contributed by atoms with Crippen LogP contribution in [0.2, 0.25) is 0 Å². The average Bonchev–Trinajstić information content (AvgIpc) is 3.08. The fourth-order valence-electron chi connectivity index (χ4n) is 5.11. The van der Waals surface area contributed by atoms with E-state index in [1.165, 1.54) is 9.87 Å². The van der Waals surface area contributed by atoms with Crippen molar-refractivity contribution < 1.29 is 13.2 Å². The molecule has 9 heteroatoms. The fourth-order valence-corrected chi connectivity index (χ4v) is 6.54. The minimum absolute atomic E-state index is 0.311. The summed E-state index contributed by atoms with van der Waals surface area (Å²) in [5, 5.41) is 0.